The molecule has 0 saturated heterocycles. The highest BCUT2D eigenvalue weighted by molar-refractivity contribution is 9.10. The molecule has 1 heterocycles. The van der Waals surface area contributed by atoms with Gasteiger partial charge >= 0.3 is 0 Å². The van der Waals surface area contributed by atoms with Crippen molar-refractivity contribution in [2.45, 2.75) is 39.0 Å². The Labute approximate surface area is 123 Å². The average Bonchev–Trinajstić information content (AvgIpc) is 2.63. The number of aryl methyl sites for hydroxylation is 2. The fourth-order valence-corrected chi connectivity index (χ4v) is 2.63. The van der Waals surface area contributed by atoms with E-state index in [1.54, 1.807) is 14.2 Å². The molecule has 1 atom stereocenters. The van der Waals surface area contributed by atoms with Crippen LogP contribution in [0, 0.1) is 6.92 Å². The van der Waals surface area contributed by atoms with E-state index in [4.69, 9.17) is 9.47 Å². The number of aromatic nitrogens is 2. The fraction of sp³-hybridized carbons (Fsp3) is 0.769. The molecule has 110 valence electrons. The van der Waals surface area contributed by atoms with E-state index in [0.29, 0.717) is 0 Å². The van der Waals surface area contributed by atoms with Crippen LogP contribution in [-0.2, 0) is 22.9 Å². The molecular formula is C13H24BrN3O2. The van der Waals surface area contributed by atoms with Gasteiger partial charge in [0.05, 0.1) is 21.9 Å². The molecule has 0 aliphatic carbocycles. The van der Waals surface area contributed by atoms with Crippen molar-refractivity contribution in [3.63, 3.8) is 0 Å². The summed E-state index contributed by atoms with van der Waals surface area (Å²) >= 11 is 3.60. The highest BCUT2D eigenvalue weighted by Crippen LogP contribution is 2.22. The minimum absolute atomic E-state index is 0.0982. The molecule has 0 aliphatic rings. The molecule has 0 aromatic carbocycles. The van der Waals surface area contributed by atoms with E-state index in [9.17, 15) is 0 Å². The number of nitrogens with one attached hydrogen (secondary N) is 1. The summed E-state index contributed by atoms with van der Waals surface area (Å²) in [6, 6.07) is 0.0982. The lowest BCUT2D eigenvalue weighted by Crippen LogP contribution is -2.44. The van der Waals surface area contributed by atoms with Crippen LogP contribution in [0.1, 0.15) is 24.7 Å². The van der Waals surface area contributed by atoms with Gasteiger partial charge in [0, 0.05) is 27.7 Å². The van der Waals surface area contributed by atoms with Gasteiger partial charge in [-0.2, -0.15) is 5.10 Å². The van der Waals surface area contributed by atoms with Crippen LogP contribution in [0.25, 0.3) is 0 Å². The van der Waals surface area contributed by atoms with E-state index in [-0.39, 0.29) is 12.3 Å². The second-order valence-corrected chi connectivity index (χ2v) is 5.37. The van der Waals surface area contributed by atoms with E-state index < -0.39 is 0 Å². The number of methoxy groups -OCH3 is 2. The maximum Gasteiger partial charge on any atom is 0.172 e. The molecular weight excluding hydrogens is 310 g/mol. The number of hydrogen-bond donors (Lipinski definition) is 1. The molecule has 0 radical (unpaired) electrons. The molecule has 1 aromatic rings. The molecule has 0 fully saturated rings. The Bertz CT molecular complexity index is 391. The van der Waals surface area contributed by atoms with Gasteiger partial charge in [-0.1, -0.05) is 6.92 Å². The van der Waals surface area contributed by atoms with Crippen LogP contribution in [0.3, 0.4) is 0 Å². The zero-order chi connectivity index (χ0) is 14.4. The van der Waals surface area contributed by atoms with E-state index >= 15 is 0 Å². The van der Waals surface area contributed by atoms with Gasteiger partial charge in [0.25, 0.3) is 0 Å². The first-order chi connectivity index (χ1) is 9.04. The molecule has 0 amide bonds. The summed E-state index contributed by atoms with van der Waals surface area (Å²) in [5.41, 5.74) is 2.14. The molecule has 1 rings (SSSR count). The molecule has 1 aromatic heterocycles. The molecule has 19 heavy (non-hydrogen) atoms. The number of ether oxygens (including phenoxy) is 2. The van der Waals surface area contributed by atoms with Crippen molar-refractivity contribution in [2.75, 3.05) is 20.8 Å². The van der Waals surface area contributed by atoms with Gasteiger partial charge in [0.2, 0.25) is 0 Å². The van der Waals surface area contributed by atoms with Gasteiger partial charge in [-0.3, -0.25) is 4.68 Å². The van der Waals surface area contributed by atoms with Crippen LogP contribution < -0.4 is 5.32 Å². The summed E-state index contributed by atoms with van der Waals surface area (Å²) in [5.74, 6) is 0. The van der Waals surface area contributed by atoms with Crippen molar-refractivity contribution in [1.82, 2.24) is 15.1 Å². The third-order valence-corrected chi connectivity index (χ3v) is 4.16. The summed E-state index contributed by atoms with van der Waals surface area (Å²) in [4.78, 5) is 0. The van der Waals surface area contributed by atoms with Crippen LogP contribution >= 0.6 is 15.9 Å². The topological polar surface area (TPSA) is 48.3 Å². The van der Waals surface area contributed by atoms with E-state index in [0.717, 1.165) is 35.2 Å². The highest BCUT2D eigenvalue weighted by atomic mass is 79.9. The zero-order valence-corrected chi connectivity index (χ0v) is 14.0. The number of nitrogens with zero attached hydrogens (tertiary/aromatic N) is 2. The molecule has 5 nitrogen and oxygen atoms in total. The lowest BCUT2D eigenvalue weighted by molar-refractivity contribution is -0.122. The Morgan fingerprint density at radius 2 is 2.00 bits per heavy atom. The van der Waals surface area contributed by atoms with Gasteiger partial charge in [-0.05, 0) is 35.8 Å². The van der Waals surface area contributed by atoms with Crippen LogP contribution in [0.2, 0.25) is 0 Å². The second-order valence-electron chi connectivity index (χ2n) is 4.57. The predicted octanol–water partition coefficient (Wildman–Crippen LogP) is 2.02. The molecule has 0 bridgehead atoms. The van der Waals surface area contributed by atoms with Crippen molar-refractivity contribution in [1.29, 1.82) is 0 Å². The van der Waals surface area contributed by atoms with E-state index in [1.165, 1.54) is 0 Å². The third kappa shape index (κ3) is 4.27. The summed E-state index contributed by atoms with van der Waals surface area (Å²) in [7, 11) is 5.29. The summed E-state index contributed by atoms with van der Waals surface area (Å²) in [6.45, 7) is 5.07. The van der Waals surface area contributed by atoms with Crippen LogP contribution in [0.15, 0.2) is 4.47 Å². The molecule has 0 saturated carbocycles. The van der Waals surface area contributed by atoms with Crippen molar-refractivity contribution in [2.24, 2.45) is 7.05 Å². The molecule has 0 aliphatic heterocycles. The Hall–Kier alpha value is -0.430. The minimum Gasteiger partial charge on any atom is -0.354 e. The Morgan fingerprint density at radius 1 is 1.37 bits per heavy atom. The van der Waals surface area contributed by atoms with Gasteiger partial charge < -0.3 is 14.8 Å². The first-order valence-corrected chi connectivity index (χ1v) is 7.31. The molecule has 1 N–H and O–H groups in total. The third-order valence-electron chi connectivity index (χ3n) is 3.12. The normalized spacial score (nSPS) is 13.2. The first-order valence-electron chi connectivity index (χ1n) is 6.52. The average molecular weight is 334 g/mol. The summed E-state index contributed by atoms with van der Waals surface area (Å²) < 4.78 is 13.7. The summed E-state index contributed by atoms with van der Waals surface area (Å²) in [5, 5.41) is 7.89. The number of hydrogen-bond acceptors (Lipinski definition) is 4. The van der Waals surface area contributed by atoms with Crippen molar-refractivity contribution >= 4 is 15.9 Å². The van der Waals surface area contributed by atoms with Gasteiger partial charge in [-0.15, -0.1) is 0 Å². The molecule has 6 heteroatoms. The van der Waals surface area contributed by atoms with Gasteiger partial charge in [0.15, 0.2) is 6.29 Å². The van der Waals surface area contributed by atoms with E-state index in [2.05, 4.69) is 33.3 Å². The van der Waals surface area contributed by atoms with Crippen molar-refractivity contribution < 1.29 is 9.47 Å². The smallest absolute Gasteiger partial charge is 0.172 e. The highest BCUT2D eigenvalue weighted by Gasteiger charge is 2.24. The monoisotopic (exact) mass is 333 g/mol. The largest absolute Gasteiger partial charge is 0.354 e. The van der Waals surface area contributed by atoms with Gasteiger partial charge in [-0.25, -0.2) is 0 Å². The summed E-state index contributed by atoms with van der Waals surface area (Å²) in [6.07, 6.45) is 1.60. The van der Waals surface area contributed by atoms with Crippen LogP contribution in [0.4, 0.5) is 0 Å². The number of rotatable bonds is 8. The lowest BCUT2D eigenvalue weighted by Gasteiger charge is -2.26. The molecule has 0 spiro atoms. The van der Waals surface area contributed by atoms with E-state index in [1.807, 2.05) is 18.7 Å². The van der Waals surface area contributed by atoms with Gasteiger partial charge in [0.1, 0.15) is 0 Å². The van der Waals surface area contributed by atoms with Crippen LogP contribution in [-0.4, -0.2) is 42.9 Å². The minimum atomic E-state index is -0.270. The second kappa shape index (κ2) is 7.99. The maximum atomic E-state index is 5.39. The standard InChI is InChI=1S/C13H24BrN3O2/c1-6-7-15-10(13(18-4)19-5)8-11-12(14)9(2)16-17(11)3/h10,13,15H,6-8H2,1-5H3. The SMILES string of the molecule is CCCNC(Cc1c(Br)c(C)nn1C)C(OC)OC. The zero-order valence-electron chi connectivity index (χ0n) is 12.4. The first kappa shape index (κ1) is 16.6. The maximum absolute atomic E-state index is 5.39. The number of halogens is 1. The lowest BCUT2D eigenvalue weighted by atomic mass is 10.1. The van der Waals surface area contributed by atoms with Crippen LogP contribution in [0.5, 0.6) is 0 Å². The Kier molecular flexibility index (Phi) is 6.99. The van der Waals surface area contributed by atoms with Crippen molar-refractivity contribution in [3.8, 4) is 0 Å². The Balaban J connectivity index is 2.86. The quantitative estimate of drug-likeness (QED) is 0.739. The molecule has 1 unspecified atom stereocenters. The Morgan fingerprint density at radius 3 is 2.42 bits per heavy atom. The van der Waals surface area contributed by atoms with Crippen molar-refractivity contribution in [3.05, 3.63) is 15.9 Å². The fourth-order valence-electron chi connectivity index (χ4n) is 2.13. The predicted molar refractivity (Wildman–Crippen MR) is 79.2 cm³/mol.